The predicted octanol–water partition coefficient (Wildman–Crippen LogP) is 10.9. The van der Waals surface area contributed by atoms with Crippen molar-refractivity contribution in [2.24, 2.45) is 22.2 Å². The van der Waals surface area contributed by atoms with E-state index in [9.17, 15) is 9.90 Å². The highest BCUT2D eigenvalue weighted by atomic mass is 16.4. The van der Waals surface area contributed by atoms with Crippen LogP contribution in [0.3, 0.4) is 0 Å². The van der Waals surface area contributed by atoms with Crippen LogP contribution in [-0.2, 0) is 4.79 Å². The van der Waals surface area contributed by atoms with Crippen molar-refractivity contribution in [2.45, 2.75) is 181 Å². The minimum Gasteiger partial charge on any atom is -0.481 e. The van der Waals surface area contributed by atoms with Gasteiger partial charge in [0.25, 0.3) is 0 Å². The molecule has 0 saturated heterocycles. The topological polar surface area (TPSA) is 37.3 Å². The lowest BCUT2D eigenvalue weighted by Crippen LogP contribution is -2.53. The second-order valence-corrected chi connectivity index (χ2v) is 13.3. The number of rotatable bonds is 15. The number of hydrogen-bond donors (Lipinski definition) is 1. The van der Waals surface area contributed by atoms with Gasteiger partial charge in [0.1, 0.15) is 0 Å². The van der Waals surface area contributed by atoms with E-state index in [1.165, 1.54) is 141 Å². The highest BCUT2D eigenvalue weighted by Crippen LogP contribution is 2.64. The molecule has 0 aromatic carbocycles. The molecule has 0 spiro atoms. The Morgan fingerprint density at radius 3 is 1.74 bits per heavy atom. The van der Waals surface area contributed by atoms with Crippen molar-refractivity contribution in [2.75, 3.05) is 0 Å². The van der Waals surface area contributed by atoms with Crippen molar-refractivity contribution in [3.8, 4) is 0 Å². The van der Waals surface area contributed by atoms with Gasteiger partial charge in [-0.25, -0.2) is 0 Å². The molecule has 3 fully saturated rings. The van der Waals surface area contributed by atoms with Gasteiger partial charge in [-0.1, -0.05) is 117 Å². The van der Waals surface area contributed by atoms with Crippen molar-refractivity contribution in [1.82, 2.24) is 0 Å². The van der Waals surface area contributed by atoms with E-state index >= 15 is 0 Å². The van der Waals surface area contributed by atoms with E-state index in [4.69, 9.17) is 0 Å². The zero-order valence-electron chi connectivity index (χ0n) is 23.8. The highest BCUT2D eigenvalue weighted by Gasteiger charge is 2.59. The van der Waals surface area contributed by atoms with Gasteiger partial charge in [0, 0.05) is 0 Å². The average Bonchev–Trinajstić information content (AvgIpc) is 2.90. The summed E-state index contributed by atoms with van der Waals surface area (Å²) in [5.74, 6) is 0.480. The number of hydrogen-bond acceptors (Lipinski definition) is 1. The number of carboxylic acids is 1. The Labute approximate surface area is 218 Å². The molecule has 3 aliphatic carbocycles. The van der Waals surface area contributed by atoms with Crippen LogP contribution in [0.5, 0.6) is 0 Å². The van der Waals surface area contributed by atoms with Crippen LogP contribution in [0.1, 0.15) is 181 Å². The molecule has 2 nitrogen and oxygen atoms in total. The van der Waals surface area contributed by atoms with Gasteiger partial charge in [-0.15, -0.1) is 0 Å². The molecule has 3 rings (SSSR count). The molecule has 0 atom stereocenters. The first kappa shape index (κ1) is 29.0. The molecule has 0 aromatic heterocycles. The minimum atomic E-state index is -0.435. The van der Waals surface area contributed by atoms with Crippen LogP contribution >= 0.6 is 0 Å². The van der Waals surface area contributed by atoms with E-state index < -0.39 is 11.4 Å². The van der Waals surface area contributed by atoms with Gasteiger partial charge in [-0.3, -0.25) is 4.79 Å². The fourth-order valence-corrected chi connectivity index (χ4v) is 9.05. The zero-order chi connectivity index (χ0) is 25.0. The standard InChI is InChI=1S/C33H60O2/c1-3-5-7-8-9-10-16-22-32(33(30(34)35)23-17-12-18-24-33)27-25-31(26-28-32,21-15-6-4-2)29-19-13-11-14-20-29/h29H,3-28H2,1-2H3,(H,34,35). The smallest absolute Gasteiger partial charge is 0.310 e. The van der Waals surface area contributed by atoms with Gasteiger partial charge in [-0.2, -0.15) is 0 Å². The molecule has 35 heavy (non-hydrogen) atoms. The Balaban J connectivity index is 1.75. The van der Waals surface area contributed by atoms with Crippen molar-refractivity contribution >= 4 is 5.97 Å². The lowest BCUT2D eigenvalue weighted by molar-refractivity contribution is -0.171. The molecule has 2 heteroatoms. The third-order valence-electron chi connectivity index (χ3n) is 11.3. The Morgan fingerprint density at radius 2 is 1.14 bits per heavy atom. The van der Waals surface area contributed by atoms with Crippen LogP contribution in [0, 0.1) is 22.2 Å². The highest BCUT2D eigenvalue weighted by molar-refractivity contribution is 5.76. The van der Waals surface area contributed by atoms with E-state index in [-0.39, 0.29) is 5.41 Å². The van der Waals surface area contributed by atoms with E-state index in [2.05, 4.69) is 13.8 Å². The summed E-state index contributed by atoms with van der Waals surface area (Å²) in [6, 6.07) is 0. The van der Waals surface area contributed by atoms with Gasteiger partial charge in [0.05, 0.1) is 5.41 Å². The van der Waals surface area contributed by atoms with Gasteiger partial charge < -0.3 is 5.11 Å². The minimum absolute atomic E-state index is 0.0611. The van der Waals surface area contributed by atoms with E-state index in [0.29, 0.717) is 5.41 Å². The normalized spacial score (nSPS) is 29.8. The van der Waals surface area contributed by atoms with Crippen molar-refractivity contribution in [3.63, 3.8) is 0 Å². The second-order valence-electron chi connectivity index (χ2n) is 13.3. The van der Waals surface area contributed by atoms with Crippen molar-refractivity contribution in [3.05, 3.63) is 0 Å². The van der Waals surface area contributed by atoms with Crippen LogP contribution in [0.15, 0.2) is 0 Å². The van der Waals surface area contributed by atoms with Gasteiger partial charge >= 0.3 is 5.97 Å². The fraction of sp³-hybridized carbons (Fsp3) is 0.970. The second kappa shape index (κ2) is 14.4. The maximum atomic E-state index is 13.1. The molecule has 0 unspecified atom stereocenters. The molecule has 0 radical (unpaired) electrons. The Morgan fingerprint density at radius 1 is 0.629 bits per heavy atom. The Hall–Kier alpha value is -0.530. The van der Waals surface area contributed by atoms with E-state index in [1.807, 2.05) is 0 Å². The van der Waals surface area contributed by atoms with Crippen molar-refractivity contribution < 1.29 is 9.90 Å². The lowest BCUT2D eigenvalue weighted by atomic mass is 9.46. The third-order valence-corrected chi connectivity index (χ3v) is 11.3. The van der Waals surface area contributed by atoms with Crippen LogP contribution in [0.4, 0.5) is 0 Å². The molecular formula is C33H60O2. The van der Waals surface area contributed by atoms with Crippen LogP contribution < -0.4 is 0 Å². The van der Waals surface area contributed by atoms with E-state index in [1.54, 1.807) is 0 Å². The number of carbonyl (C=O) groups is 1. The monoisotopic (exact) mass is 488 g/mol. The molecular weight excluding hydrogens is 428 g/mol. The molecule has 3 saturated carbocycles. The first-order chi connectivity index (χ1) is 17.0. The molecule has 3 aliphatic rings. The lowest BCUT2D eigenvalue weighted by Gasteiger charge is -2.58. The molecule has 0 heterocycles. The number of carboxylic acid groups (broad SMARTS) is 1. The first-order valence-electron chi connectivity index (χ1n) is 16.3. The summed E-state index contributed by atoms with van der Waals surface area (Å²) in [6.45, 7) is 4.62. The van der Waals surface area contributed by atoms with Gasteiger partial charge in [-0.05, 0) is 81.0 Å². The summed E-state index contributed by atoms with van der Waals surface area (Å²) in [5.41, 5.74) is 0.148. The largest absolute Gasteiger partial charge is 0.481 e. The Bertz CT molecular complexity index is 588. The van der Waals surface area contributed by atoms with Gasteiger partial charge in [0.2, 0.25) is 0 Å². The van der Waals surface area contributed by atoms with Crippen molar-refractivity contribution in [1.29, 1.82) is 0 Å². The molecule has 0 aliphatic heterocycles. The summed E-state index contributed by atoms with van der Waals surface area (Å²) in [4.78, 5) is 13.1. The summed E-state index contributed by atoms with van der Waals surface area (Å²) >= 11 is 0. The molecule has 1 N–H and O–H groups in total. The quantitative estimate of drug-likeness (QED) is 0.233. The van der Waals surface area contributed by atoms with Crippen LogP contribution in [0.2, 0.25) is 0 Å². The van der Waals surface area contributed by atoms with Gasteiger partial charge in [0.15, 0.2) is 0 Å². The van der Waals surface area contributed by atoms with Crippen LogP contribution in [0.25, 0.3) is 0 Å². The zero-order valence-corrected chi connectivity index (χ0v) is 23.8. The average molecular weight is 489 g/mol. The molecule has 0 bridgehead atoms. The molecule has 204 valence electrons. The molecule has 0 aromatic rings. The Kier molecular flexibility index (Phi) is 12.0. The van der Waals surface area contributed by atoms with E-state index in [0.717, 1.165) is 31.6 Å². The summed E-state index contributed by atoms with van der Waals surface area (Å²) in [7, 11) is 0. The first-order valence-corrected chi connectivity index (χ1v) is 16.3. The number of unbranched alkanes of at least 4 members (excludes halogenated alkanes) is 8. The van der Waals surface area contributed by atoms with Crippen LogP contribution in [-0.4, -0.2) is 11.1 Å². The predicted molar refractivity (Wildman–Crippen MR) is 150 cm³/mol. The third kappa shape index (κ3) is 7.07. The maximum absolute atomic E-state index is 13.1. The summed E-state index contributed by atoms with van der Waals surface area (Å²) < 4.78 is 0. The number of aliphatic carboxylic acids is 1. The SMILES string of the molecule is CCCCCCCCCC1(C2(C(=O)O)CCCCC2)CCC(CCCCC)(C2CCCCC2)CC1. The maximum Gasteiger partial charge on any atom is 0.310 e. The fourth-order valence-electron chi connectivity index (χ4n) is 9.05. The molecule has 0 amide bonds. The summed E-state index contributed by atoms with van der Waals surface area (Å²) in [6.07, 6.45) is 33.7. The summed E-state index contributed by atoms with van der Waals surface area (Å²) in [5, 5.41) is 10.8.